The summed E-state index contributed by atoms with van der Waals surface area (Å²) < 4.78 is 3.45. The first-order valence-corrected chi connectivity index (χ1v) is 8.47. The molecule has 0 spiro atoms. The number of piperidine rings is 1. The lowest BCUT2D eigenvalue weighted by atomic mass is 10.1. The van der Waals surface area contributed by atoms with Crippen molar-refractivity contribution in [1.29, 1.82) is 0 Å². The normalized spacial score (nSPS) is 17.8. The Morgan fingerprint density at radius 3 is 2.92 bits per heavy atom. The molecule has 0 saturated carbocycles. The first-order valence-electron chi connectivity index (χ1n) is 8.47. The van der Waals surface area contributed by atoms with Crippen LogP contribution in [-0.4, -0.2) is 49.4 Å². The molecule has 1 aliphatic rings. The third-order valence-corrected chi connectivity index (χ3v) is 4.60. The number of carbonyl (C=O) groups excluding carboxylic acids is 1. The molecule has 1 saturated heterocycles. The quantitative estimate of drug-likeness (QED) is 0.775. The highest BCUT2D eigenvalue weighted by Crippen LogP contribution is 2.21. The van der Waals surface area contributed by atoms with Crippen molar-refractivity contribution in [1.82, 2.24) is 29.7 Å². The predicted molar refractivity (Wildman–Crippen MR) is 93.6 cm³/mol. The summed E-state index contributed by atoms with van der Waals surface area (Å²) in [4.78, 5) is 19.2. The number of hydrogen-bond donors (Lipinski definition) is 1. The van der Waals surface area contributed by atoms with Gasteiger partial charge in [0.2, 0.25) is 0 Å². The van der Waals surface area contributed by atoms with Gasteiger partial charge in [-0.3, -0.25) is 9.48 Å². The number of nitrogens with one attached hydrogen (secondary N) is 1. The molecule has 0 aliphatic carbocycles. The van der Waals surface area contributed by atoms with E-state index in [1.807, 2.05) is 23.6 Å². The maximum Gasteiger partial charge on any atom is 0.269 e. The van der Waals surface area contributed by atoms with E-state index in [-0.39, 0.29) is 11.9 Å². The summed E-state index contributed by atoms with van der Waals surface area (Å²) in [6.07, 6.45) is 5.38. The first kappa shape index (κ1) is 15.6. The Hall–Kier alpha value is -2.90. The van der Waals surface area contributed by atoms with Crippen LogP contribution in [0.2, 0.25) is 0 Å². The third-order valence-electron chi connectivity index (χ3n) is 4.60. The van der Waals surface area contributed by atoms with Gasteiger partial charge in [0.1, 0.15) is 11.5 Å². The largest absolute Gasteiger partial charge is 0.354 e. The number of aromatic nitrogens is 5. The van der Waals surface area contributed by atoms with E-state index < -0.39 is 0 Å². The van der Waals surface area contributed by atoms with Crippen LogP contribution in [0.1, 0.15) is 29.0 Å². The number of aryl methyl sites for hydroxylation is 2. The van der Waals surface area contributed by atoms with Gasteiger partial charge in [-0.25, -0.2) is 4.98 Å². The lowest BCUT2D eigenvalue weighted by molar-refractivity contribution is 0.0923. The highest BCUT2D eigenvalue weighted by atomic mass is 16.2. The molecule has 0 aromatic carbocycles. The van der Waals surface area contributed by atoms with E-state index in [1.54, 1.807) is 30.2 Å². The molecule has 1 N–H and O–H groups in total. The van der Waals surface area contributed by atoms with Crippen molar-refractivity contribution in [2.24, 2.45) is 7.05 Å². The van der Waals surface area contributed by atoms with Gasteiger partial charge in [0, 0.05) is 50.2 Å². The SMILES string of the molecule is Cc1cc(N2CCCC(NC(=O)c3ccnn3C)C2)n2nccc2n1. The van der Waals surface area contributed by atoms with Gasteiger partial charge < -0.3 is 10.2 Å². The van der Waals surface area contributed by atoms with Crippen LogP contribution >= 0.6 is 0 Å². The van der Waals surface area contributed by atoms with Crippen molar-refractivity contribution >= 4 is 17.4 Å². The Balaban J connectivity index is 1.54. The maximum atomic E-state index is 12.4. The van der Waals surface area contributed by atoms with E-state index in [0.717, 1.165) is 43.1 Å². The Labute approximate surface area is 145 Å². The van der Waals surface area contributed by atoms with Crippen molar-refractivity contribution < 1.29 is 4.79 Å². The van der Waals surface area contributed by atoms with Gasteiger partial charge in [-0.15, -0.1) is 0 Å². The number of nitrogens with zero attached hydrogens (tertiary/aromatic N) is 6. The van der Waals surface area contributed by atoms with Crippen molar-refractivity contribution in [2.75, 3.05) is 18.0 Å². The Morgan fingerprint density at radius 2 is 2.12 bits per heavy atom. The molecule has 1 amide bonds. The van der Waals surface area contributed by atoms with Gasteiger partial charge in [-0.05, 0) is 25.8 Å². The zero-order valence-corrected chi connectivity index (χ0v) is 14.4. The smallest absolute Gasteiger partial charge is 0.269 e. The van der Waals surface area contributed by atoms with Crippen LogP contribution in [0.3, 0.4) is 0 Å². The summed E-state index contributed by atoms with van der Waals surface area (Å²) in [5.41, 5.74) is 2.38. The predicted octanol–water partition coefficient (Wildman–Crippen LogP) is 1.17. The summed E-state index contributed by atoms with van der Waals surface area (Å²) in [6.45, 7) is 3.68. The standard InChI is InChI=1S/C17H21N7O/c1-12-10-16(24-15(20-12)6-8-19-24)23-9-3-4-13(11-23)21-17(25)14-5-7-18-22(14)2/h5-8,10,13H,3-4,9,11H2,1-2H3,(H,21,25). The summed E-state index contributed by atoms with van der Waals surface area (Å²) in [5, 5.41) is 11.6. The van der Waals surface area contributed by atoms with Gasteiger partial charge in [-0.2, -0.15) is 14.7 Å². The van der Waals surface area contributed by atoms with Gasteiger partial charge in [0.05, 0.1) is 6.20 Å². The number of rotatable bonds is 3. The molecule has 4 heterocycles. The van der Waals surface area contributed by atoms with Gasteiger partial charge >= 0.3 is 0 Å². The molecule has 1 fully saturated rings. The number of anilines is 1. The fourth-order valence-electron chi connectivity index (χ4n) is 3.40. The second-order valence-corrected chi connectivity index (χ2v) is 6.46. The minimum atomic E-state index is -0.0815. The average molecular weight is 339 g/mol. The lowest BCUT2D eigenvalue weighted by Crippen LogP contribution is -2.48. The zero-order chi connectivity index (χ0) is 17.4. The molecule has 25 heavy (non-hydrogen) atoms. The van der Waals surface area contributed by atoms with Crippen molar-refractivity contribution in [3.8, 4) is 0 Å². The molecule has 0 radical (unpaired) electrons. The minimum Gasteiger partial charge on any atom is -0.354 e. The Bertz CT molecular complexity index is 913. The van der Waals surface area contributed by atoms with Gasteiger partial charge in [0.25, 0.3) is 5.91 Å². The molecule has 3 aromatic heterocycles. The van der Waals surface area contributed by atoms with Gasteiger partial charge in [0.15, 0.2) is 5.65 Å². The highest BCUT2D eigenvalue weighted by molar-refractivity contribution is 5.92. The van der Waals surface area contributed by atoms with E-state index in [1.165, 1.54) is 0 Å². The third kappa shape index (κ3) is 2.95. The lowest BCUT2D eigenvalue weighted by Gasteiger charge is -2.34. The molecule has 1 aliphatic heterocycles. The highest BCUT2D eigenvalue weighted by Gasteiger charge is 2.24. The Kier molecular flexibility index (Phi) is 3.87. The van der Waals surface area contributed by atoms with Crippen LogP contribution in [0, 0.1) is 6.92 Å². The van der Waals surface area contributed by atoms with Crippen molar-refractivity contribution in [3.05, 3.63) is 42.0 Å². The summed E-state index contributed by atoms with van der Waals surface area (Å²) in [7, 11) is 1.77. The molecule has 1 unspecified atom stereocenters. The number of amides is 1. The van der Waals surface area contributed by atoms with Crippen LogP contribution < -0.4 is 10.2 Å². The van der Waals surface area contributed by atoms with Crippen LogP contribution in [-0.2, 0) is 7.05 Å². The molecule has 1 atom stereocenters. The molecule has 130 valence electrons. The number of fused-ring (bicyclic) bond motifs is 1. The van der Waals surface area contributed by atoms with Crippen molar-refractivity contribution in [3.63, 3.8) is 0 Å². The fourth-order valence-corrected chi connectivity index (χ4v) is 3.40. The van der Waals surface area contributed by atoms with E-state index in [2.05, 4.69) is 25.4 Å². The molecule has 4 rings (SSSR count). The van der Waals surface area contributed by atoms with Crippen LogP contribution in [0.15, 0.2) is 30.6 Å². The second-order valence-electron chi connectivity index (χ2n) is 6.46. The van der Waals surface area contributed by atoms with E-state index in [4.69, 9.17) is 0 Å². The van der Waals surface area contributed by atoms with Crippen LogP contribution in [0.25, 0.3) is 5.65 Å². The van der Waals surface area contributed by atoms with E-state index in [0.29, 0.717) is 5.69 Å². The summed E-state index contributed by atoms with van der Waals surface area (Å²) in [6, 6.07) is 5.78. The average Bonchev–Trinajstić information content (AvgIpc) is 3.22. The molecule has 8 heteroatoms. The molecule has 3 aromatic rings. The summed E-state index contributed by atoms with van der Waals surface area (Å²) in [5.74, 6) is 0.939. The minimum absolute atomic E-state index is 0.0815. The second kappa shape index (κ2) is 6.19. The van der Waals surface area contributed by atoms with Gasteiger partial charge in [-0.1, -0.05) is 0 Å². The summed E-state index contributed by atoms with van der Waals surface area (Å²) >= 11 is 0. The maximum absolute atomic E-state index is 12.4. The molecular weight excluding hydrogens is 318 g/mol. The monoisotopic (exact) mass is 339 g/mol. The van der Waals surface area contributed by atoms with E-state index in [9.17, 15) is 4.79 Å². The Morgan fingerprint density at radius 1 is 1.28 bits per heavy atom. The fraction of sp³-hybridized carbons (Fsp3) is 0.412. The number of hydrogen-bond acceptors (Lipinski definition) is 5. The van der Waals surface area contributed by atoms with Crippen LogP contribution in [0.5, 0.6) is 0 Å². The zero-order valence-electron chi connectivity index (χ0n) is 14.4. The number of carbonyl (C=O) groups is 1. The van der Waals surface area contributed by atoms with Crippen LogP contribution in [0.4, 0.5) is 5.82 Å². The molecule has 8 nitrogen and oxygen atoms in total. The van der Waals surface area contributed by atoms with Crippen molar-refractivity contribution in [2.45, 2.75) is 25.8 Å². The first-order chi connectivity index (χ1) is 12.1. The molecular formula is C17H21N7O. The topological polar surface area (TPSA) is 80.4 Å². The van der Waals surface area contributed by atoms with E-state index >= 15 is 0 Å². The molecule has 0 bridgehead atoms.